The lowest BCUT2D eigenvalue weighted by Gasteiger charge is -2.07. The highest BCUT2D eigenvalue weighted by Crippen LogP contribution is 2.14. The predicted octanol–water partition coefficient (Wildman–Crippen LogP) is 1.86. The van der Waals surface area contributed by atoms with Crippen LogP contribution in [0.4, 0.5) is 0 Å². The third-order valence-electron chi connectivity index (χ3n) is 3.51. The zero-order chi connectivity index (χ0) is 16.8. The van der Waals surface area contributed by atoms with Crippen LogP contribution in [0.3, 0.4) is 0 Å². The van der Waals surface area contributed by atoms with E-state index in [-0.39, 0.29) is 18.0 Å². The molecule has 0 spiro atoms. The largest absolute Gasteiger partial charge is 0.463 e. The molecule has 1 amide bonds. The zero-order valence-corrected chi connectivity index (χ0v) is 13.0. The Hall–Kier alpha value is -3.15. The Morgan fingerprint density at radius 3 is 2.67 bits per heavy atom. The van der Waals surface area contributed by atoms with Crippen LogP contribution in [-0.4, -0.2) is 22.2 Å². The molecule has 1 aromatic carbocycles. The summed E-state index contributed by atoms with van der Waals surface area (Å²) in [6.07, 6.45) is 2.27. The maximum absolute atomic E-state index is 12.0. The minimum absolute atomic E-state index is 0.123. The van der Waals surface area contributed by atoms with Crippen molar-refractivity contribution in [2.45, 2.75) is 13.0 Å². The van der Waals surface area contributed by atoms with E-state index >= 15 is 0 Å². The fourth-order valence-electron chi connectivity index (χ4n) is 2.30. The van der Waals surface area contributed by atoms with E-state index in [9.17, 15) is 9.59 Å². The molecule has 0 aliphatic heterocycles. The first kappa shape index (κ1) is 15.7. The smallest absolute Gasteiger partial charge is 0.267 e. The predicted molar refractivity (Wildman–Crippen MR) is 89.4 cm³/mol. The number of carbonyl (C=O) groups is 1. The third kappa shape index (κ3) is 3.98. The van der Waals surface area contributed by atoms with Gasteiger partial charge in [0.1, 0.15) is 12.2 Å². The second-order valence-corrected chi connectivity index (χ2v) is 5.28. The highest BCUT2D eigenvalue weighted by Gasteiger charge is 2.09. The minimum Gasteiger partial charge on any atom is -0.463 e. The number of rotatable bonds is 6. The molecule has 2 aromatic heterocycles. The highest BCUT2D eigenvalue weighted by molar-refractivity contribution is 5.75. The topological polar surface area (TPSA) is 77.1 Å². The molecule has 0 unspecified atom stereocenters. The van der Waals surface area contributed by atoms with Gasteiger partial charge in [0.15, 0.2) is 5.76 Å². The van der Waals surface area contributed by atoms with Crippen LogP contribution in [0.25, 0.3) is 11.5 Å². The molecule has 3 rings (SSSR count). The number of benzene rings is 1. The number of hydrogen-bond donors (Lipinski definition) is 1. The van der Waals surface area contributed by atoms with Crippen LogP contribution < -0.4 is 10.9 Å². The molecule has 0 fully saturated rings. The number of hydrogen-bond acceptors (Lipinski definition) is 4. The summed E-state index contributed by atoms with van der Waals surface area (Å²) in [5.74, 6) is 0.297. The Kier molecular flexibility index (Phi) is 4.86. The van der Waals surface area contributed by atoms with Crippen LogP contribution in [0, 0.1) is 0 Å². The summed E-state index contributed by atoms with van der Waals surface area (Å²) in [6, 6.07) is 16.3. The van der Waals surface area contributed by atoms with E-state index in [2.05, 4.69) is 10.4 Å². The van der Waals surface area contributed by atoms with E-state index in [0.717, 1.165) is 16.7 Å². The van der Waals surface area contributed by atoms with Crippen molar-refractivity contribution in [1.29, 1.82) is 0 Å². The summed E-state index contributed by atoms with van der Waals surface area (Å²) in [4.78, 5) is 23.9. The van der Waals surface area contributed by atoms with E-state index < -0.39 is 0 Å². The number of nitrogens with one attached hydrogen (secondary N) is 1. The van der Waals surface area contributed by atoms with Crippen molar-refractivity contribution >= 4 is 5.91 Å². The summed E-state index contributed by atoms with van der Waals surface area (Å²) in [5, 5.41) is 6.97. The van der Waals surface area contributed by atoms with Gasteiger partial charge in [0, 0.05) is 12.6 Å². The maximum Gasteiger partial charge on any atom is 0.267 e. The van der Waals surface area contributed by atoms with Gasteiger partial charge >= 0.3 is 0 Å². The lowest BCUT2D eigenvalue weighted by Crippen LogP contribution is -2.34. The quantitative estimate of drug-likeness (QED) is 0.751. The second-order valence-electron chi connectivity index (χ2n) is 5.28. The average molecular weight is 323 g/mol. The third-order valence-corrected chi connectivity index (χ3v) is 3.51. The minimum atomic E-state index is -0.330. The lowest BCUT2D eigenvalue weighted by atomic mass is 10.1. The Morgan fingerprint density at radius 1 is 1.08 bits per heavy atom. The zero-order valence-electron chi connectivity index (χ0n) is 13.0. The molecule has 0 bridgehead atoms. The highest BCUT2D eigenvalue weighted by atomic mass is 16.3. The van der Waals surface area contributed by atoms with Crippen molar-refractivity contribution in [1.82, 2.24) is 15.1 Å². The summed E-state index contributed by atoms with van der Waals surface area (Å²) in [7, 11) is 0. The molecule has 6 heteroatoms. The number of aromatic nitrogens is 2. The molecule has 24 heavy (non-hydrogen) atoms. The molecular formula is C18H17N3O3. The molecule has 1 N–H and O–H groups in total. The first-order valence-electron chi connectivity index (χ1n) is 7.65. The van der Waals surface area contributed by atoms with Gasteiger partial charge in [0.25, 0.3) is 5.56 Å². The van der Waals surface area contributed by atoms with E-state index in [1.54, 1.807) is 18.2 Å². The summed E-state index contributed by atoms with van der Waals surface area (Å²) in [6.45, 7) is 0.387. The molecule has 0 aliphatic rings. The Balaban J connectivity index is 1.60. The Bertz CT molecular complexity index is 855. The van der Waals surface area contributed by atoms with E-state index in [1.165, 1.54) is 12.3 Å². The van der Waals surface area contributed by atoms with Crippen LogP contribution in [0.5, 0.6) is 0 Å². The fourth-order valence-corrected chi connectivity index (χ4v) is 2.30. The van der Waals surface area contributed by atoms with Crippen LogP contribution in [0.15, 0.2) is 70.1 Å². The first-order chi connectivity index (χ1) is 11.7. The van der Waals surface area contributed by atoms with Gasteiger partial charge in [0.2, 0.25) is 5.91 Å². The van der Waals surface area contributed by atoms with Gasteiger partial charge in [-0.15, -0.1) is 0 Å². The molecule has 0 radical (unpaired) electrons. The van der Waals surface area contributed by atoms with Gasteiger partial charge in [-0.05, 0) is 30.2 Å². The fraction of sp³-hybridized carbons (Fsp3) is 0.167. The molecular weight excluding hydrogens is 306 g/mol. The van der Waals surface area contributed by atoms with Gasteiger partial charge in [-0.3, -0.25) is 9.59 Å². The van der Waals surface area contributed by atoms with Crippen molar-refractivity contribution < 1.29 is 9.21 Å². The number of carbonyl (C=O) groups excluding carboxylic acids is 1. The van der Waals surface area contributed by atoms with E-state index in [0.29, 0.717) is 18.0 Å². The number of nitrogens with zero attached hydrogens (tertiary/aromatic N) is 2. The monoisotopic (exact) mass is 323 g/mol. The Morgan fingerprint density at radius 2 is 1.92 bits per heavy atom. The molecule has 2 heterocycles. The summed E-state index contributed by atoms with van der Waals surface area (Å²) < 4.78 is 6.39. The first-order valence-corrected chi connectivity index (χ1v) is 7.65. The van der Waals surface area contributed by atoms with Crippen molar-refractivity contribution in [2.24, 2.45) is 0 Å². The van der Waals surface area contributed by atoms with Crippen molar-refractivity contribution in [2.75, 3.05) is 6.54 Å². The molecule has 0 aliphatic carbocycles. The average Bonchev–Trinajstić information content (AvgIpc) is 3.12. The molecule has 6 nitrogen and oxygen atoms in total. The number of amides is 1. The van der Waals surface area contributed by atoms with Crippen LogP contribution in [0.1, 0.15) is 5.56 Å². The van der Waals surface area contributed by atoms with Gasteiger partial charge in [-0.2, -0.15) is 5.10 Å². The second kappa shape index (κ2) is 7.41. The summed E-state index contributed by atoms with van der Waals surface area (Å²) >= 11 is 0. The van der Waals surface area contributed by atoms with Gasteiger partial charge < -0.3 is 9.73 Å². The van der Waals surface area contributed by atoms with Gasteiger partial charge in [-0.25, -0.2) is 4.68 Å². The van der Waals surface area contributed by atoms with Gasteiger partial charge in [0.05, 0.1) is 6.26 Å². The number of furan rings is 1. The van der Waals surface area contributed by atoms with E-state index in [4.69, 9.17) is 4.42 Å². The van der Waals surface area contributed by atoms with Crippen LogP contribution >= 0.6 is 0 Å². The lowest BCUT2D eigenvalue weighted by molar-refractivity contribution is -0.121. The van der Waals surface area contributed by atoms with Crippen LogP contribution in [0.2, 0.25) is 0 Å². The van der Waals surface area contributed by atoms with Gasteiger partial charge in [-0.1, -0.05) is 30.3 Å². The Labute approximate surface area is 138 Å². The van der Waals surface area contributed by atoms with E-state index in [1.807, 2.05) is 30.3 Å². The maximum atomic E-state index is 12.0. The molecule has 0 saturated carbocycles. The standard InChI is InChI=1S/C18H17N3O3/c22-17(19-11-10-14-5-2-1-3-6-14)13-21-18(23)9-8-15(20-21)16-7-4-12-24-16/h1-9,12H,10-11,13H2,(H,19,22). The van der Waals surface area contributed by atoms with Crippen molar-refractivity contribution in [3.8, 4) is 11.5 Å². The summed E-state index contributed by atoms with van der Waals surface area (Å²) in [5.41, 5.74) is 1.33. The van der Waals surface area contributed by atoms with Crippen molar-refractivity contribution in [3.05, 3.63) is 76.8 Å². The molecule has 122 valence electrons. The molecule has 0 atom stereocenters. The SMILES string of the molecule is O=C(Cn1nc(-c2ccco2)ccc1=O)NCCc1ccccc1. The normalized spacial score (nSPS) is 10.5. The molecule has 0 saturated heterocycles. The van der Waals surface area contributed by atoms with Crippen molar-refractivity contribution in [3.63, 3.8) is 0 Å². The van der Waals surface area contributed by atoms with Crippen LogP contribution in [-0.2, 0) is 17.8 Å². The molecule has 3 aromatic rings.